The van der Waals surface area contributed by atoms with Gasteiger partial charge in [-0.2, -0.15) is 0 Å². The molecule has 0 aromatic heterocycles. The summed E-state index contributed by atoms with van der Waals surface area (Å²) in [7, 11) is -9.87. The third kappa shape index (κ3) is 55.3. The molecule has 0 aromatic rings. The number of carbonyl (C=O) groups excluding carboxylic acids is 4. The Morgan fingerprint density at radius 1 is 0.338 bits per heavy atom. The van der Waals surface area contributed by atoms with Gasteiger partial charge in [0.1, 0.15) is 19.3 Å². The molecule has 474 valence electrons. The first-order valence-electron chi connectivity index (χ1n) is 32.1. The molecule has 19 heteroatoms. The largest absolute Gasteiger partial charge is 0.472 e. The second-order valence-electron chi connectivity index (χ2n) is 22.6. The van der Waals surface area contributed by atoms with Gasteiger partial charge in [-0.15, -0.1) is 0 Å². The van der Waals surface area contributed by atoms with Crippen LogP contribution in [0.2, 0.25) is 0 Å². The summed E-state index contributed by atoms with van der Waals surface area (Å²) in [4.78, 5) is 71.9. The molecule has 0 saturated heterocycles. The van der Waals surface area contributed by atoms with Crippen LogP contribution in [0.25, 0.3) is 0 Å². The van der Waals surface area contributed by atoms with Gasteiger partial charge in [-0.05, 0) is 31.6 Å². The normalized spacial score (nSPS) is 14.3. The quantitative estimate of drug-likeness (QED) is 0.0222. The first-order valence-corrected chi connectivity index (χ1v) is 35.1. The van der Waals surface area contributed by atoms with Crippen LogP contribution in [0.15, 0.2) is 0 Å². The highest BCUT2D eigenvalue weighted by Crippen LogP contribution is 2.45. The number of aliphatic hydroxyl groups excluding tert-OH is 1. The lowest BCUT2D eigenvalue weighted by molar-refractivity contribution is -0.161. The van der Waals surface area contributed by atoms with Crippen molar-refractivity contribution in [2.75, 3.05) is 39.6 Å². The van der Waals surface area contributed by atoms with Crippen molar-refractivity contribution in [1.82, 2.24) is 0 Å². The predicted molar refractivity (Wildman–Crippen MR) is 317 cm³/mol. The Morgan fingerprint density at radius 2 is 0.575 bits per heavy atom. The molecule has 0 aliphatic rings. The van der Waals surface area contributed by atoms with Crippen LogP contribution < -0.4 is 0 Å². The van der Waals surface area contributed by atoms with Crippen LogP contribution in [0.3, 0.4) is 0 Å². The summed E-state index contributed by atoms with van der Waals surface area (Å²) in [5.74, 6) is -1.38. The number of carbonyl (C=O) groups is 4. The number of ether oxygens (including phenoxy) is 4. The van der Waals surface area contributed by atoms with E-state index in [1.165, 1.54) is 122 Å². The number of aliphatic hydroxyl groups is 1. The van der Waals surface area contributed by atoms with Crippen LogP contribution in [0, 0.1) is 5.92 Å². The summed E-state index contributed by atoms with van der Waals surface area (Å²) < 4.78 is 67.8. The fourth-order valence-electron chi connectivity index (χ4n) is 9.05. The van der Waals surface area contributed by atoms with E-state index in [1.54, 1.807) is 0 Å². The van der Waals surface area contributed by atoms with Gasteiger partial charge in [0, 0.05) is 25.7 Å². The van der Waals surface area contributed by atoms with Gasteiger partial charge >= 0.3 is 39.5 Å². The van der Waals surface area contributed by atoms with Crippen LogP contribution in [0.5, 0.6) is 0 Å². The van der Waals surface area contributed by atoms with Gasteiger partial charge in [0.25, 0.3) is 0 Å². The van der Waals surface area contributed by atoms with E-state index in [4.69, 9.17) is 37.0 Å². The Kier molecular flexibility index (Phi) is 53.6. The zero-order valence-corrected chi connectivity index (χ0v) is 53.0. The summed E-state index contributed by atoms with van der Waals surface area (Å²) in [6.45, 7) is 7.12. The molecule has 0 spiro atoms. The van der Waals surface area contributed by atoms with Crippen LogP contribution in [0.1, 0.15) is 304 Å². The molecule has 0 radical (unpaired) electrons. The van der Waals surface area contributed by atoms with Gasteiger partial charge in [0.15, 0.2) is 12.2 Å². The molecule has 2 unspecified atom stereocenters. The van der Waals surface area contributed by atoms with Gasteiger partial charge in [0.2, 0.25) is 0 Å². The number of hydrogen-bond acceptors (Lipinski definition) is 15. The van der Waals surface area contributed by atoms with Crippen molar-refractivity contribution in [1.29, 1.82) is 0 Å². The molecular weight excluding hydrogens is 1070 g/mol. The minimum absolute atomic E-state index is 0.106. The molecule has 0 aromatic carbocycles. The topological polar surface area (TPSA) is 237 Å². The van der Waals surface area contributed by atoms with Crippen LogP contribution in [-0.4, -0.2) is 96.7 Å². The van der Waals surface area contributed by atoms with E-state index in [0.29, 0.717) is 25.7 Å². The summed E-state index contributed by atoms with van der Waals surface area (Å²) in [6.07, 6.45) is 37.6. The zero-order valence-electron chi connectivity index (χ0n) is 51.2. The van der Waals surface area contributed by atoms with E-state index in [0.717, 1.165) is 102 Å². The van der Waals surface area contributed by atoms with Gasteiger partial charge in [0.05, 0.1) is 26.4 Å². The number of phosphoric ester groups is 2. The third-order valence-electron chi connectivity index (χ3n) is 14.0. The fraction of sp³-hybridized carbons (Fsp3) is 0.934. The second-order valence-corrected chi connectivity index (χ2v) is 25.5. The van der Waals surface area contributed by atoms with Gasteiger partial charge in [-0.3, -0.25) is 37.3 Å². The lowest BCUT2D eigenvalue weighted by Crippen LogP contribution is -2.30. The van der Waals surface area contributed by atoms with E-state index in [2.05, 4.69) is 34.6 Å². The number of unbranched alkanes of at least 4 members (excludes halogenated alkanes) is 33. The number of esters is 4. The Bertz CT molecular complexity index is 1570. The van der Waals surface area contributed by atoms with Crippen molar-refractivity contribution in [3.63, 3.8) is 0 Å². The van der Waals surface area contributed by atoms with Crippen molar-refractivity contribution in [3.8, 4) is 0 Å². The Balaban J connectivity index is 5.20. The van der Waals surface area contributed by atoms with Crippen LogP contribution >= 0.6 is 15.6 Å². The van der Waals surface area contributed by atoms with E-state index in [1.807, 2.05) is 0 Å². The smallest absolute Gasteiger partial charge is 0.462 e. The maximum absolute atomic E-state index is 12.9. The lowest BCUT2D eigenvalue weighted by Gasteiger charge is -2.21. The lowest BCUT2D eigenvalue weighted by atomic mass is 10.0. The van der Waals surface area contributed by atoms with Crippen molar-refractivity contribution in [2.45, 2.75) is 323 Å². The van der Waals surface area contributed by atoms with Crippen LogP contribution in [0.4, 0.5) is 0 Å². The average Bonchev–Trinajstić information content (AvgIpc) is 3.42. The highest BCUT2D eigenvalue weighted by Gasteiger charge is 2.30. The zero-order chi connectivity index (χ0) is 59.2. The number of phosphoric acid groups is 2. The molecule has 80 heavy (non-hydrogen) atoms. The van der Waals surface area contributed by atoms with E-state index < -0.39 is 97.5 Å². The monoisotopic (exact) mass is 1180 g/mol. The molecule has 0 heterocycles. The maximum atomic E-state index is 12.9. The molecule has 0 fully saturated rings. The fourth-order valence-corrected chi connectivity index (χ4v) is 10.6. The minimum Gasteiger partial charge on any atom is -0.462 e. The summed E-state index contributed by atoms with van der Waals surface area (Å²) >= 11 is 0. The molecule has 0 rings (SSSR count). The third-order valence-corrected chi connectivity index (χ3v) is 15.9. The molecule has 3 N–H and O–H groups in total. The van der Waals surface area contributed by atoms with Crippen molar-refractivity contribution in [2.24, 2.45) is 5.92 Å². The minimum atomic E-state index is -4.94. The van der Waals surface area contributed by atoms with Crippen molar-refractivity contribution in [3.05, 3.63) is 0 Å². The van der Waals surface area contributed by atoms with Crippen molar-refractivity contribution < 1.29 is 80.2 Å². The molecule has 5 atom stereocenters. The van der Waals surface area contributed by atoms with Gasteiger partial charge in [-0.1, -0.05) is 253 Å². The molecular formula is C61H118O17P2. The van der Waals surface area contributed by atoms with E-state index in [-0.39, 0.29) is 25.7 Å². The molecule has 0 aliphatic carbocycles. The predicted octanol–water partition coefficient (Wildman–Crippen LogP) is 16.6. The first-order chi connectivity index (χ1) is 38.5. The van der Waals surface area contributed by atoms with Crippen molar-refractivity contribution >= 4 is 39.5 Å². The van der Waals surface area contributed by atoms with Gasteiger partial charge in [-0.25, -0.2) is 9.13 Å². The first kappa shape index (κ1) is 78.1. The molecule has 0 amide bonds. The molecule has 0 bridgehead atoms. The molecule has 0 saturated carbocycles. The Morgan fingerprint density at radius 3 is 0.850 bits per heavy atom. The summed E-state index contributed by atoms with van der Waals surface area (Å²) in [5.41, 5.74) is 0. The average molecular weight is 1190 g/mol. The number of hydrogen-bond donors (Lipinski definition) is 3. The summed E-state index contributed by atoms with van der Waals surface area (Å²) in [6, 6.07) is 0. The summed E-state index contributed by atoms with van der Waals surface area (Å²) in [5, 5.41) is 10.5. The Labute approximate surface area is 486 Å². The maximum Gasteiger partial charge on any atom is 0.472 e. The SMILES string of the molecule is CCCCCCCCCCCC(=O)OC[C@H](COP(=O)(O)OC[C@@H](O)COP(=O)(O)OC[C@@H](COC(=O)CCCCCCCCCC)OC(=O)CCCCCCCCCCC)OC(=O)CCCCCCCCCCCCCC(C)C. The highest BCUT2D eigenvalue weighted by molar-refractivity contribution is 7.47. The number of rotatable bonds is 61. The van der Waals surface area contributed by atoms with E-state index in [9.17, 15) is 43.2 Å². The van der Waals surface area contributed by atoms with Crippen LogP contribution in [-0.2, 0) is 65.4 Å². The molecule has 17 nitrogen and oxygen atoms in total. The van der Waals surface area contributed by atoms with Gasteiger partial charge < -0.3 is 33.8 Å². The molecule has 0 aliphatic heterocycles. The second kappa shape index (κ2) is 55.0. The standard InChI is InChI=1S/C61H118O17P2/c1-6-9-12-15-18-24-30-35-40-45-59(64)72-51-57(78-61(66)47-42-37-32-27-23-21-22-26-28-33-38-43-54(4)5)53-76-80(69,70)74-49-55(62)48-73-79(67,68)75-52-56(50-71-58(63)44-39-34-29-20-17-14-11-8-3)77-60(65)46-41-36-31-25-19-16-13-10-7-2/h54-57,62H,6-53H2,1-5H3,(H,67,68)(H,69,70)/t55-,56+,57+/m0/s1. The van der Waals surface area contributed by atoms with E-state index >= 15 is 0 Å². The highest BCUT2D eigenvalue weighted by atomic mass is 31.2. The Hall–Kier alpha value is -1.94.